The zero-order valence-electron chi connectivity index (χ0n) is 11.1. The van der Waals surface area contributed by atoms with Crippen molar-refractivity contribution in [3.63, 3.8) is 0 Å². The Morgan fingerprint density at radius 2 is 1.47 bits per heavy atom. The lowest BCUT2D eigenvalue weighted by Crippen LogP contribution is -2.61. The van der Waals surface area contributed by atoms with E-state index >= 15 is 0 Å². The highest BCUT2D eigenvalue weighted by Crippen LogP contribution is 2.24. The Kier molecular flexibility index (Phi) is 4.11. The highest BCUT2D eigenvalue weighted by Gasteiger charge is 2.41. The van der Waals surface area contributed by atoms with Crippen LogP contribution in [0.4, 0.5) is 0 Å². The third-order valence-corrected chi connectivity index (χ3v) is 2.15. The van der Waals surface area contributed by atoms with Gasteiger partial charge in [-0.05, 0) is 27.7 Å². The zero-order valence-corrected chi connectivity index (χ0v) is 11.1. The lowest BCUT2D eigenvalue weighted by molar-refractivity contribution is -0.135. The third kappa shape index (κ3) is 4.31. The second kappa shape index (κ2) is 4.22. The van der Waals surface area contributed by atoms with Gasteiger partial charge in [-0.2, -0.15) is 0 Å². The quantitative estimate of drug-likeness (QED) is 0.754. The molecule has 2 N–H and O–H groups in total. The highest BCUT2D eigenvalue weighted by atomic mass is 16.3. The van der Waals surface area contributed by atoms with Gasteiger partial charge >= 0.3 is 0 Å². The smallest absolute Gasteiger partial charge is 0.160 e. The van der Waals surface area contributed by atoms with Gasteiger partial charge in [0.15, 0.2) is 5.78 Å². The van der Waals surface area contributed by atoms with Crippen LogP contribution in [0.3, 0.4) is 0 Å². The lowest BCUT2D eigenvalue weighted by Gasteiger charge is -2.38. The number of rotatable bonds is 3. The van der Waals surface area contributed by atoms with E-state index < -0.39 is 11.0 Å². The number of hydrogen-bond acceptors (Lipinski definition) is 3. The number of carbonyl (C=O) groups excluding carboxylic acids is 1. The van der Waals surface area contributed by atoms with Gasteiger partial charge in [-0.25, -0.2) is 0 Å². The molecule has 0 aliphatic carbocycles. The van der Waals surface area contributed by atoms with E-state index in [9.17, 15) is 9.90 Å². The maximum absolute atomic E-state index is 12.2. The van der Waals surface area contributed by atoms with Gasteiger partial charge < -0.3 is 5.11 Å². The van der Waals surface area contributed by atoms with Gasteiger partial charge in [-0.3, -0.25) is 10.1 Å². The van der Waals surface area contributed by atoms with Crippen molar-refractivity contribution in [1.82, 2.24) is 5.32 Å². The van der Waals surface area contributed by atoms with Crippen LogP contribution < -0.4 is 5.32 Å². The standard InChI is InChI=1S/C12H25NO2/c1-10(2,3)9(15)12(7,8-14)13-11(4,5)6/h13-14H,8H2,1-7H3/t12-/m1/s1. The third-order valence-electron chi connectivity index (χ3n) is 2.15. The largest absolute Gasteiger partial charge is 0.394 e. The highest BCUT2D eigenvalue weighted by molar-refractivity contribution is 5.92. The van der Waals surface area contributed by atoms with Gasteiger partial charge in [-0.1, -0.05) is 20.8 Å². The fourth-order valence-electron chi connectivity index (χ4n) is 1.82. The first-order chi connectivity index (χ1) is 6.42. The molecule has 0 saturated carbocycles. The molecule has 0 aliphatic rings. The summed E-state index contributed by atoms with van der Waals surface area (Å²) in [5.41, 5.74) is -1.51. The maximum atomic E-state index is 12.2. The van der Waals surface area contributed by atoms with Crippen molar-refractivity contribution in [2.75, 3.05) is 6.61 Å². The molecular formula is C12H25NO2. The van der Waals surface area contributed by atoms with Gasteiger partial charge in [0.05, 0.1) is 12.1 Å². The van der Waals surface area contributed by atoms with Crippen LogP contribution in [0.2, 0.25) is 0 Å². The Labute approximate surface area is 93.3 Å². The molecule has 0 aromatic heterocycles. The van der Waals surface area contributed by atoms with E-state index in [0.29, 0.717) is 0 Å². The normalized spacial score (nSPS) is 17.3. The molecule has 0 aliphatic heterocycles. The van der Waals surface area contributed by atoms with Crippen molar-refractivity contribution in [3.05, 3.63) is 0 Å². The molecule has 3 heteroatoms. The summed E-state index contributed by atoms with van der Waals surface area (Å²) in [5, 5.41) is 12.6. The molecule has 0 radical (unpaired) electrons. The van der Waals surface area contributed by atoms with E-state index in [1.807, 2.05) is 41.5 Å². The molecule has 15 heavy (non-hydrogen) atoms. The minimum atomic E-state index is -0.865. The van der Waals surface area contributed by atoms with Crippen LogP contribution in [-0.2, 0) is 4.79 Å². The topological polar surface area (TPSA) is 49.3 Å². The van der Waals surface area contributed by atoms with Crippen molar-refractivity contribution >= 4 is 5.78 Å². The molecule has 0 fully saturated rings. The van der Waals surface area contributed by atoms with E-state index in [1.54, 1.807) is 6.92 Å². The van der Waals surface area contributed by atoms with Crippen LogP contribution in [0.25, 0.3) is 0 Å². The molecule has 1 atom stereocenters. The van der Waals surface area contributed by atoms with Crippen LogP contribution in [0.5, 0.6) is 0 Å². The fraction of sp³-hybridized carbons (Fsp3) is 0.917. The second-order valence-corrected chi connectivity index (χ2v) is 6.44. The Hall–Kier alpha value is -0.410. The lowest BCUT2D eigenvalue weighted by atomic mass is 9.78. The summed E-state index contributed by atoms with van der Waals surface area (Å²) in [6.45, 7) is 13.1. The molecule has 0 spiro atoms. The summed E-state index contributed by atoms with van der Waals surface area (Å²) in [5.74, 6) is 0.0347. The molecule has 0 aromatic carbocycles. The van der Waals surface area contributed by atoms with Gasteiger partial charge in [0.2, 0.25) is 0 Å². The van der Waals surface area contributed by atoms with Crippen LogP contribution in [0.15, 0.2) is 0 Å². The second-order valence-electron chi connectivity index (χ2n) is 6.44. The molecule has 0 bridgehead atoms. The van der Waals surface area contributed by atoms with Crippen LogP contribution in [0, 0.1) is 5.41 Å². The van der Waals surface area contributed by atoms with Gasteiger partial charge in [-0.15, -0.1) is 0 Å². The maximum Gasteiger partial charge on any atom is 0.160 e. The number of aliphatic hydroxyl groups excluding tert-OH is 1. The van der Waals surface area contributed by atoms with Gasteiger partial charge in [0.1, 0.15) is 0 Å². The molecule has 3 nitrogen and oxygen atoms in total. The summed E-state index contributed by atoms with van der Waals surface area (Å²) in [7, 11) is 0. The van der Waals surface area contributed by atoms with Crippen LogP contribution >= 0.6 is 0 Å². The number of carbonyl (C=O) groups is 1. The summed E-state index contributed by atoms with van der Waals surface area (Å²) in [4.78, 5) is 12.2. The molecule has 90 valence electrons. The minimum Gasteiger partial charge on any atom is -0.394 e. The van der Waals surface area contributed by atoms with Crippen molar-refractivity contribution in [2.24, 2.45) is 5.41 Å². The van der Waals surface area contributed by atoms with Crippen LogP contribution in [-0.4, -0.2) is 28.6 Å². The SMILES string of the molecule is CC(C)(C)N[C@](C)(CO)C(=O)C(C)(C)C. The van der Waals surface area contributed by atoms with Gasteiger partial charge in [0, 0.05) is 11.0 Å². The summed E-state index contributed by atoms with van der Waals surface area (Å²) < 4.78 is 0. The Balaban J connectivity index is 4.95. The van der Waals surface area contributed by atoms with Crippen molar-refractivity contribution in [2.45, 2.75) is 59.5 Å². The first-order valence-electron chi connectivity index (χ1n) is 5.37. The average Bonchev–Trinajstić information content (AvgIpc) is 1.98. The number of Topliss-reactive ketones (excluding diaryl/α,β-unsaturated/α-hetero) is 1. The first-order valence-corrected chi connectivity index (χ1v) is 5.37. The number of hydrogen-bond donors (Lipinski definition) is 2. The monoisotopic (exact) mass is 215 g/mol. The number of ketones is 1. The molecule has 0 heterocycles. The minimum absolute atomic E-state index is 0.0347. The fourth-order valence-corrected chi connectivity index (χ4v) is 1.82. The Morgan fingerprint density at radius 3 is 1.67 bits per heavy atom. The van der Waals surface area contributed by atoms with E-state index in [4.69, 9.17) is 0 Å². The van der Waals surface area contributed by atoms with Crippen LogP contribution in [0.1, 0.15) is 48.5 Å². The first kappa shape index (κ1) is 14.6. The molecule has 0 aromatic rings. The van der Waals surface area contributed by atoms with E-state index in [-0.39, 0.29) is 17.9 Å². The van der Waals surface area contributed by atoms with Gasteiger partial charge in [0.25, 0.3) is 0 Å². The zero-order chi connectivity index (χ0) is 12.5. The van der Waals surface area contributed by atoms with Crippen molar-refractivity contribution in [3.8, 4) is 0 Å². The predicted molar refractivity (Wildman–Crippen MR) is 62.8 cm³/mol. The Bertz CT molecular complexity index is 235. The Morgan fingerprint density at radius 1 is 1.07 bits per heavy atom. The van der Waals surface area contributed by atoms with E-state index in [1.165, 1.54) is 0 Å². The van der Waals surface area contributed by atoms with E-state index in [2.05, 4.69) is 5.32 Å². The molecular weight excluding hydrogens is 190 g/mol. The molecule has 0 amide bonds. The molecule has 0 saturated heterocycles. The van der Waals surface area contributed by atoms with E-state index in [0.717, 1.165) is 0 Å². The molecule has 0 unspecified atom stereocenters. The predicted octanol–water partition coefficient (Wildman–Crippen LogP) is 1.74. The van der Waals surface area contributed by atoms with Crippen molar-refractivity contribution < 1.29 is 9.90 Å². The molecule has 0 rings (SSSR count). The average molecular weight is 215 g/mol. The van der Waals surface area contributed by atoms with Crippen molar-refractivity contribution in [1.29, 1.82) is 0 Å². The number of nitrogens with one attached hydrogen (secondary N) is 1. The summed E-state index contributed by atoms with van der Waals surface area (Å²) in [6.07, 6.45) is 0. The summed E-state index contributed by atoms with van der Waals surface area (Å²) in [6, 6.07) is 0. The summed E-state index contributed by atoms with van der Waals surface area (Å²) >= 11 is 0. The number of aliphatic hydroxyl groups is 1.